The fourth-order valence-electron chi connectivity index (χ4n) is 2.63. The molecular formula is C13H17N3S. The van der Waals surface area contributed by atoms with Crippen molar-refractivity contribution in [3.8, 4) is 0 Å². The minimum atomic E-state index is 0.459. The molecule has 0 aliphatic heterocycles. The maximum Gasteiger partial charge on any atom is 0.179 e. The van der Waals surface area contributed by atoms with Crippen LogP contribution in [0.15, 0.2) is 12.3 Å². The third-order valence-electron chi connectivity index (χ3n) is 3.93. The molecular weight excluding hydrogens is 230 g/mol. The van der Waals surface area contributed by atoms with Crippen molar-refractivity contribution in [3.63, 3.8) is 0 Å². The predicted molar refractivity (Wildman–Crippen MR) is 71.7 cm³/mol. The van der Waals surface area contributed by atoms with Crippen molar-refractivity contribution >= 4 is 23.4 Å². The standard InChI is InChI=1S/C13H17N3S/c1-8-6-11-12(14-7-8)16(13(17)15-11)9(2)10-4-3-5-10/h6-7,9-10H,3-5H2,1-2H3,(H,15,17). The summed E-state index contributed by atoms with van der Waals surface area (Å²) < 4.78 is 2.99. The molecule has 3 nitrogen and oxygen atoms in total. The van der Waals surface area contributed by atoms with Gasteiger partial charge in [0.15, 0.2) is 10.4 Å². The summed E-state index contributed by atoms with van der Waals surface area (Å²) >= 11 is 5.43. The van der Waals surface area contributed by atoms with Crippen LogP contribution in [0.3, 0.4) is 0 Å². The molecule has 1 N–H and O–H groups in total. The summed E-state index contributed by atoms with van der Waals surface area (Å²) in [4.78, 5) is 7.80. The molecule has 0 spiro atoms. The normalized spacial score (nSPS) is 18.2. The Balaban J connectivity index is 2.14. The Labute approximate surface area is 106 Å². The first-order valence-electron chi connectivity index (χ1n) is 6.23. The number of nitrogens with one attached hydrogen (secondary N) is 1. The third kappa shape index (κ3) is 1.71. The highest BCUT2D eigenvalue weighted by Gasteiger charge is 2.26. The number of rotatable bonds is 2. The van der Waals surface area contributed by atoms with E-state index < -0.39 is 0 Å². The summed E-state index contributed by atoms with van der Waals surface area (Å²) in [6, 6.07) is 2.57. The number of imidazole rings is 1. The van der Waals surface area contributed by atoms with Gasteiger partial charge in [0.05, 0.1) is 5.52 Å². The van der Waals surface area contributed by atoms with Gasteiger partial charge in [-0.15, -0.1) is 0 Å². The molecule has 1 aliphatic rings. The Bertz CT molecular complexity index is 607. The molecule has 1 atom stereocenters. The van der Waals surface area contributed by atoms with E-state index in [0.717, 1.165) is 27.4 Å². The molecule has 3 rings (SSSR count). The molecule has 0 saturated heterocycles. The van der Waals surface area contributed by atoms with Gasteiger partial charge in [0.1, 0.15) is 0 Å². The van der Waals surface area contributed by atoms with Crippen LogP contribution in [-0.2, 0) is 0 Å². The first kappa shape index (κ1) is 11.0. The van der Waals surface area contributed by atoms with E-state index in [2.05, 4.69) is 34.4 Å². The molecule has 2 aromatic heterocycles. The zero-order chi connectivity index (χ0) is 12.0. The van der Waals surface area contributed by atoms with Crippen LogP contribution >= 0.6 is 12.2 Å². The van der Waals surface area contributed by atoms with Crippen LogP contribution in [0.5, 0.6) is 0 Å². The number of hydrogen-bond donors (Lipinski definition) is 1. The molecule has 1 aliphatic carbocycles. The van der Waals surface area contributed by atoms with Crippen LogP contribution in [0.1, 0.15) is 37.8 Å². The summed E-state index contributed by atoms with van der Waals surface area (Å²) in [6.07, 6.45) is 5.91. The molecule has 1 unspecified atom stereocenters. The first-order valence-corrected chi connectivity index (χ1v) is 6.64. The summed E-state index contributed by atoms with van der Waals surface area (Å²) in [5, 5.41) is 0. The van der Waals surface area contributed by atoms with Gasteiger partial charge in [-0.1, -0.05) is 6.42 Å². The highest BCUT2D eigenvalue weighted by Crippen LogP contribution is 2.37. The average Bonchev–Trinajstić information content (AvgIpc) is 2.50. The molecule has 2 aromatic rings. The number of H-pyrrole nitrogens is 1. The number of nitrogens with zero attached hydrogens (tertiary/aromatic N) is 2. The lowest BCUT2D eigenvalue weighted by molar-refractivity contribution is 0.224. The SMILES string of the molecule is Cc1cnc2c(c1)[nH]c(=S)n2C(C)C1CCC1. The van der Waals surface area contributed by atoms with Crippen molar-refractivity contribution < 1.29 is 0 Å². The Morgan fingerprint density at radius 3 is 2.94 bits per heavy atom. The smallest absolute Gasteiger partial charge is 0.179 e. The van der Waals surface area contributed by atoms with E-state index >= 15 is 0 Å². The fraction of sp³-hybridized carbons (Fsp3) is 0.538. The van der Waals surface area contributed by atoms with Crippen molar-refractivity contribution in [2.75, 3.05) is 0 Å². The van der Waals surface area contributed by atoms with Crippen LogP contribution in [0, 0.1) is 17.6 Å². The zero-order valence-electron chi connectivity index (χ0n) is 10.2. The number of aromatic nitrogens is 3. The minimum absolute atomic E-state index is 0.459. The second-order valence-corrected chi connectivity index (χ2v) is 5.50. The van der Waals surface area contributed by atoms with Crippen molar-refractivity contribution in [3.05, 3.63) is 22.6 Å². The molecule has 4 heteroatoms. The molecule has 17 heavy (non-hydrogen) atoms. The van der Waals surface area contributed by atoms with Gasteiger partial charge in [-0.25, -0.2) is 4.98 Å². The van der Waals surface area contributed by atoms with Crippen LogP contribution in [0.4, 0.5) is 0 Å². The van der Waals surface area contributed by atoms with Gasteiger partial charge in [0, 0.05) is 12.2 Å². The largest absolute Gasteiger partial charge is 0.329 e. The van der Waals surface area contributed by atoms with Gasteiger partial charge in [-0.05, 0) is 56.5 Å². The van der Waals surface area contributed by atoms with Gasteiger partial charge >= 0.3 is 0 Å². The topological polar surface area (TPSA) is 33.6 Å². The van der Waals surface area contributed by atoms with Crippen LogP contribution in [0.25, 0.3) is 11.2 Å². The molecule has 1 fully saturated rings. The highest BCUT2D eigenvalue weighted by atomic mass is 32.1. The van der Waals surface area contributed by atoms with Crippen molar-refractivity contribution in [1.29, 1.82) is 0 Å². The lowest BCUT2D eigenvalue weighted by atomic mass is 9.80. The van der Waals surface area contributed by atoms with Gasteiger partial charge < -0.3 is 4.98 Å². The Kier molecular flexibility index (Phi) is 2.54. The summed E-state index contributed by atoms with van der Waals surface area (Å²) in [6.45, 7) is 4.31. The quantitative estimate of drug-likeness (QED) is 0.820. The van der Waals surface area contributed by atoms with E-state index in [9.17, 15) is 0 Å². The second kappa shape index (κ2) is 3.95. The minimum Gasteiger partial charge on any atom is -0.329 e. The van der Waals surface area contributed by atoms with E-state index in [-0.39, 0.29) is 0 Å². The monoisotopic (exact) mass is 247 g/mol. The first-order chi connectivity index (χ1) is 8.16. The molecule has 0 aromatic carbocycles. The molecule has 0 bridgehead atoms. The zero-order valence-corrected chi connectivity index (χ0v) is 11.0. The van der Waals surface area contributed by atoms with Crippen molar-refractivity contribution in [2.24, 2.45) is 5.92 Å². The molecule has 2 heterocycles. The molecule has 1 saturated carbocycles. The average molecular weight is 247 g/mol. The molecule has 0 amide bonds. The second-order valence-electron chi connectivity index (χ2n) is 5.12. The van der Waals surface area contributed by atoms with E-state index in [1.54, 1.807) is 0 Å². The van der Waals surface area contributed by atoms with E-state index in [1.165, 1.54) is 19.3 Å². The molecule has 0 radical (unpaired) electrons. The van der Waals surface area contributed by atoms with Gasteiger partial charge in [-0.3, -0.25) is 4.57 Å². The summed E-state index contributed by atoms with van der Waals surface area (Å²) in [5.74, 6) is 0.767. The number of pyridine rings is 1. The van der Waals surface area contributed by atoms with Crippen molar-refractivity contribution in [1.82, 2.24) is 14.5 Å². The number of hydrogen-bond acceptors (Lipinski definition) is 2. The summed E-state index contributed by atoms with van der Waals surface area (Å²) in [7, 11) is 0. The Hall–Kier alpha value is -1.16. The van der Waals surface area contributed by atoms with E-state index in [4.69, 9.17) is 12.2 Å². The third-order valence-corrected chi connectivity index (χ3v) is 4.23. The van der Waals surface area contributed by atoms with E-state index in [1.807, 2.05) is 6.20 Å². The lowest BCUT2D eigenvalue weighted by Crippen LogP contribution is -2.23. The molecule has 90 valence electrons. The van der Waals surface area contributed by atoms with Crippen LogP contribution < -0.4 is 0 Å². The van der Waals surface area contributed by atoms with Crippen LogP contribution in [-0.4, -0.2) is 14.5 Å². The maximum atomic E-state index is 5.43. The Morgan fingerprint density at radius 2 is 2.29 bits per heavy atom. The van der Waals surface area contributed by atoms with Crippen LogP contribution in [0.2, 0.25) is 0 Å². The highest BCUT2D eigenvalue weighted by molar-refractivity contribution is 7.71. The number of aromatic amines is 1. The van der Waals surface area contributed by atoms with Gasteiger partial charge in [0.2, 0.25) is 0 Å². The number of aryl methyl sites for hydroxylation is 1. The van der Waals surface area contributed by atoms with Gasteiger partial charge in [0.25, 0.3) is 0 Å². The van der Waals surface area contributed by atoms with E-state index in [0.29, 0.717) is 6.04 Å². The maximum absolute atomic E-state index is 5.43. The van der Waals surface area contributed by atoms with Gasteiger partial charge in [-0.2, -0.15) is 0 Å². The summed E-state index contributed by atoms with van der Waals surface area (Å²) in [5.41, 5.74) is 3.22. The number of fused-ring (bicyclic) bond motifs is 1. The predicted octanol–water partition coefficient (Wildman–Crippen LogP) is 3.76. The lowest BCUT2D eigenvalue weighted by Gasteiger charge is -2.32. The fourth-order valence-corrected chi connectivity index (χ4v) is 2.99. The Morgan fingerprint density at radius 1 is 1.53 bits per heavy atom. The van der Waals surface area contributed by atoms with Crippen molar-refractivity contribution in [2.45, 2.75) is 39.2 Å².